The van der Waals surface area contributed by atoms with E-state index in [0.29, 0.717) is 0 Å². The zero-order valence-corrected chi connectivity index (χ0v) is 11.4. The Morgan fingerprint density at radius 2 is 2.33 bits per heavy atom. The summed E-state index contributed by atoms with van der Waals surface area (Å²) in [6, 6.07) is 4.20. The smallest absolute Gasteiger partial charge is 0.0588 e. The largest absolute Gasteiger partial charge is 0.313 e. The van der Waals surface area contributed by atoms with Gasteiger partial charge in [0.1, 0.15) is 0 Å². The Hall–Kier alpha value is -1.19. The van der Waals surface area contributed by atoms with E-state index in [4.69, 9.17) is 0 Å². The van der Waals surface area contributed by atoms with Crippen LogP contribution in [-0.2, 0) is 13.1 Å². The lowest BCUT2D eigenvalue weighted by atomic mass is 10.1. The van der Waals surface area contributed by atoms with Crippen LogP contribution in [-0.4, -0.2) is 29.5 Å². The number of rotatable bonds is 5. The first-order chi connectivity index (χ1) is 8.79. The molecule has 3 heteroatoms. The number of aromatic nitrogens is 1. The van der Waals surface area contributed by atoms with E-state index in [1.165, 1.54) is 23.3 Å². The molecule has 98 valence electrons. The van der Waals surface area contributed by atoms with E-state index < -0.39 is 0 Å². The fourth-order valence-corrected chi connectivity index (χ4v) is 2.20. The maximum Gasteiger partial charge on any atom is 0.0588 e. The lowest BCUT2D eigenvalue weighted by Crippen LogP contribution is -2.29. The first-order valence-corrected chi connectivity index (χ1v) is 6.81. The van der Waals surface area contributed by atoms with Crippen LogP contribution in [0.4, 0.5) is 0 Å². The molecule has 0 aromatic carbocycles. The molecule has 0 atom stereocenters. The van der Waals surface area contributed by atoms with Crippen LogP contribution in [0.5, 0.6) is 0 Å². The van der Waals surface area contributed by atoms with Crippen molar-refractivity contribution >= 4 is 0 Å². The molecule has 0 saturated carbocycles. The van der Waals surface area contributed by atoms with E-state index in [0.717, 1.165) is 32.7 Å². The quantitative estimate of drug-likeness (QED) is 0.807. The van der Waals surface area contributed by atoms with Crippen molar-refractivity contribution in [2.75, 3.05) is 19.6 Å². The predicted octanol–water partition coefficient (Wildman–Crippen LogP) is 2.34. The van der Waals surface area contributed by atoms with Gasteiger partial charge in [0.2, 0.25) is 0 Å². The molecule has 0 fully saturated rings. The maximum atomic E-state index is 4.54. The summed E-state index contributed by atoms with van der Waals surface area (Å²) in [4.78, 5) is 7.01. The summed E-state index contributed by atoms with van der Waals surface area (Å²) in [6.45, 7) is 9.44. The molecule has 0 aliphatic carbocycles. The third kappa shape index (κ3) is 3.65. The van der Waals surface area contributed by atoms with Crippen LogP contribution in [0.15, 0.2) is 30.0 Å². The lowest BCUT2D eigenvalue weighted by molar-refractivity contribution is 0.281. The number of nitrogens with one attached hydrogen (secondary N) is 1. The van der Waals surface area contributed by atoms with E-state index in [1.54, 1.807) is 0 Å². The first-order valence-electron chi connectivity index (χ1n) is 6.81. The van der Waals surface area contributed by atoms with Crippen molar-refractivity contribution in [2.24, 2.45) is 0 Å². The van der Waals surface area contributed by atoms with Gasteiger partial charge in [-0.15, -0.1) is 0 Å². The Morgan fingerprint density at radius 3 is 3.06 bits per heavy atom. The van der Waals surface area contributed by atoms with Crippen LogP contribution in [0.3, 0.4) is 0 Å². The van der Waals surface area contributed by atoms with Crippen LogP contribution in [0.2, 0.25) is 0 Å². The highest BCUT2D eigenvalue weighted by Crippen LogP contribution is 2.14. The van der Waals surface area contributed by atoms with Gasteiger partial charge in [-0.2, -0.15) is 0 Å². The topological polar surface area (TPSA) is 28.2 Å². The Kier molecular flexibility index (Phi) is 4.90. The second-order valence-corrected chi connectivity index (χ2v) is 4.93. The highest BCUT2D eigenvalue weighted by Gasteiger charge is 2.12. The SMILES string of the molecule is CCNCc1cccnc1CN1CC=C(C)CC1. The molecule has 0 amide bonds. The van der Waals surface area contributed by atoms with Gasteiger partial charge in [0, 0.05) is 32.4 Å². The normalized spacial score (nSPS) is 16.7. The molecule has 0 saturated heterocycles. The van der Waals surface area contributed by atoms with Crippen LogP contribution in [0, 0.1) is 0 Å². The maximum absolute atomic E-state index is 4.54. The Morgan fingerprint density at radius 1 is 1.44 bits per heavy atom. The third-order valence-corrected chi connectivity index (χ3v) is 3.44. The van der Waals surface area contributed by atoms with E-state index in [-0.39, 0.29) is 0 Å². The number of hydrogen-bond acceptors (Lipinski definition) is 3. The summed E-state index contributed by atoms with van der Waals surface area (Å²) >= 11 is 0. The van der Waals surface area contributed by atoms with Crippen molar-refractivity contribution in [3.05, 3.63) is 41.2 Å². The van der Waals surface area contributed by atoms with E-state index in [9.17, 15) is 0 Å². The molecule has 0 bridgehead atoms. The summed E-state index contributed by atoms with van der Waals surface area (Å²) in [6.07, 6.45) is 5.42. The van der Waals surface area contributed by atoms with E-state index >= 15 is 0 Å². The number of nitrogens with zero attached hydrogens (tertiary/aromatic N) is 2. The van der Waals surface area contributed by atoms with Gasteiger partial charge < -0.3 is 5.32 Å². The van der Waals surface area contributed by atoms with Crippen LogP contribution < -0.4 is 5.32 Å². The zero-order chi connectivity index (χ0) is 12.8. The van der Waals surface area contributed by atoms with Gasteiger partial charge in [0.25, 0.3) is 0 Å². The standard InChI is InChI=1S/C15H23N3/c1-3-16-11-14-5-4-8-17-15(14)12-18-9-6-13(2)7-10-18/h4-6,8,16H,3,7,9-12H2,1-2H3. The van der Waals surface area contributed by atoms with Crippen LogP contribution in [0.1, 0.15) is 31.5 Å². The molecule has 1 aromatic rings. The number of hydrogen-bond donors (Lipinski definition) is 1. The fraction of sp³-hybridized carbons (Fsp3) is 0.533. The predicted molar refractivity (Wildman–Crippen MR) is 75.3 cm³/mol. The Bertz CT molecular complexity index is 412. The monoisotopic (exact) mass is 245 g/mol. The minimum Gasteiger partial charge on any atom is -0.313 e. The average Bonchev–Trinajstić information content (AvgIpc) is 2.40. The second-order valence-electron chi connectivity index (χ2n) is 4.93. The summed E-state index contributed by atoms with van der Waals surface area (Å²) < 4.78 is 0. The molecule has 1 aromatic heterocycles. The first kappa shape index (κ1) is 13.2. The highest BCUT2D eigenvalue weighted by atomic mass is 15.1. The fourth-order valence-electron chi connectivity index (χ4n) is 2.20. The Labute approximate surface area is 110 Å². The molecular weight excluding hydrogens is 222 g/mol. The third-order valence-electron chi connectivity index (χ3n) is 3.44. The molecule has 0 radical (unpaired) electrons. The summed E-state index contributed by atoms with van der Waals surface area (Å²) in [5.41, 5.74) is 4.05. The summed E-state index contributed by atoms with van der Waals surface area (Å²) in [7, 11) is 0. The van der Waals surface area contributed by atoms with Gasteiger partial charge in [0.15, 0.2) is 0 Å². The molecule has 1 N–H and O–H groups in total. The van der Waals surface area contributed by atoms with Crippen LogP contribution >= 0.6 is 0 Å². The molecule has 1 aliphatic rings. The molecule has 0 unspecified atom stereocenters. The molecule has 2 heterocycles. The van der Waals surface area contributed by atoms with Crippen molar-refractivity contribution in [2.45, 2.75) is 33.4 Å². The average molecular weight is 245 g/mol. The van der Waals surface area contributed by atoms with Crippen molar-refractivity contribution in [1.82, 2.24) is 15.2 Å². The van der Waals surface area contributed by atoms with E-state index in [1.807, 2.05) is 12.3 Å². The Balaban J connectivity index is 2.00. The highest BCUT2D eigenvalue weighted by molar-refractivity contribution is 5.20. The molecular formula is C15H23N3. The minimum atomic E-state index is 0.919. The molecule has 2 rings (SSSR count). The van der Waals surface area contributed by atoms with Gasteiger partial charge in [-0.05, 0) is 31.5 Å². The van der Waals surface area contributed by atoms with Gasteiger partial charge in [-0.1, -0.05) is 24.6 Å². The van der Waals surface area contributed by atoms with Crippen molar-refractivity contribution in [3.63, 3.8) is 0 Å². The second kappa shape index (κ2) is 6.66. The lowest BCUT2D eigenvalue weighted by Gasteiger charge is -2.25. The molecule has 18 heavy (non-hydrogen) atoms. The minimum absolute atomic E-state index is 0.919. The van der Waals surface area contributed by atoms with Crippen molar-refractivity contribution < 1.29 is 0 Å². The van der Waals surface area contributed by atoms with Crippen molar-refractivity contribution in [1.29, 1.82) is 0 Å². The van der Waals surface area contributed by atoms with Gasteiger partial charge in [0.05, 0.1) is 5.69 Å². The van der Waals surface area contributed by atoms with Gasteiger partial charge in [-0.3, -0.25) is 9.88 Å². The van der Waals surface area contributed by atoms with Gasteiger partial charge >= 0.3 is 0 Å². The summed E-state index contributed by atoms with van der Waals surface area (Å²) in [5.74, 6) is 0. The summed E-state index contributed by atoms with van der Waals surface area (Å²) in [5, 5.41) is 3.38. The zero-order valence-electron chi connectivity index (χ0n) is 11.4. The molecule has 1 aliphatic heterocycles. The van der Waals surface area contributed by atoms with Crippen LogP contribution in [0.25, 0.3) is 0 Å². The molecule has 3 nitrogen and oxygen atoms in total. The van der Waals surface area contributed by atoms with Crippen molar-refractivity contribution in [3.8, 4) is 0 Å². The molecule has 0 spiro atoms. The van der Waals surface area contributed by atoms with Gasteiger partial charge in [-0.25, -0.2) is 0 Å². The van der Waals surface area contributed by atoms with E-state index in [2.05, 4.69) is 41.2 Å². The number of pyridine rings is 1.